The van der Waals surface area contributed by atoms with E-state index in [0.29, 0.717) is 12.8 Å². The Morgan fingerprint density at radius 3 is 1.94 bits per heavy atom. The van der Waals surface area contributed by atoms with Crippen molar-refractivity contribution in [2.45, 2.75) is 137 Å². The van der Waals surface area contributed by atoms with Crippen molar-refractivity contribution in [3.8, 4) is 0 Å². The van der Waals surface area contributed by atoms with Gasteiger partial charge in [-0.1, -0.05) is 81.2 Å². The molecule has 0 radical (unpaired) electrons. The Kier molecular flexibility index (Phi) is 21.4. The van der Waals surface area contributed by atoms with Crippen LogP contribution in [-0.4, -0.2) is 110 Å². The molecule has 10 atom stereocenters. The molecule has 14 heteroatoms. The topological polar surface area (TPSA) is 175 Å². The van der Waals surface area contributed by atoms with Gasteiger partial charge in [-0.25, -0.2) is 4.79 Å². The van der Waals surface area contributed by atoms with Crippen molar-refractivity contribution in [2.24, 2.45) is 29.6 Å². The van der Waals surface area contributed by atoms with Gasteiger partial charge >= 0.3 is 5.97 Å². The molecule has 0 aliphatic rings. The average Bonchev–Trinajstić information content (AvgIpc) is 3.62. The van der Waals surface area contributed by atoms with Gasteiger partial charge in [0.25, 0.3) is 0 Å². The molecule has 0 fully saturated rings. The van der Waals surface area contributed by atoms with Gasteiger partial charge in [-0.3, -0.25) is 19.2 Å². The van der Waals surface area contributed by atoms with Crippen molar-refractivity contribution in [3.05, 3.63) is 22.4 Å². The minimum absolute atomic E-state index is 0.0159. The molecule has 0 aliphatic carbocycles. The van der Waals surface area contributed by atoms with Crippen molar-refractivity contribution in [3.63, 3.8) is 0 Å². The molecular formula is C39H69N5O8S. The number of nitrogens with one attached hydrogen (secondary N) is 4. The minimum Gasteiger partial charge on any atom is -0.480 e. The van der Waals surface area contributed by atoms with E-state index in [-0.39, 0.29) is 54.2 Å². The summed E-state index contributed by atoms with van der Waals surface area (Å²) < 4.78 is 11.8. The first-order valence-corrected chi connectivity index (χ1v) is 19.9. The lowest BCUT2D eigenvalue weighted by molar-refractivity contribution is -0.145. The van der Waals surface area contributed by atoms with Gasteiger partial charge in [-0.15, -0.1) is 11.3 Å². The van der Waals surface area contributed by atoms with Crippen LogP contribution in [0.1, 0.15) is 92.9 Å². The lowest BCUT2D eigenvalue weighted by Crippen LogP contribution is -2.59. The maximum absolute atomic E-state index is 14.1. The Balaban J connectivity index is 3.31. The maximum Gasteiger partial charge on any atom is 0.326 e. The van der Waals surface area contributed by atoms with E-state index in [1.807, 2.05) is 66.0 Å². The van der Waals surface area contributed by atoms with Crippen LogP contribution < -0.4 is 21.3 Å². The molecule has 0 spiro atoms. The monoisotopic (exact) mass is 767 g/mol. The number of methoxy groups -OCH3 is 2. The van der Waals surface area contributed by atoms with E-state index in [9.17, 15) is 29.1 Å². The average molecular weight is 768 g/mol. The second kappa shape index (κ2) is 23.7. The summed E-state index contributed by atoms with van der Waals surface area (Å²) in [5.41, 5.74) is 0. The highest BCUT2D eigenvalue weighted by atomic mass is 32.1. The summed E-state index contributed by atoms with van der Waals surface area (Å²) in [6, 6.07) is 0.202. The summed E-state index contributed by atoms with van der Waals surface area (Å²) in [5.74, 6) is -3.35. The number of carbonyl (C=O) groups is 5. The zero-order valence-electron chi connectivity index (χ0n) is 34.4. The van der Waals surface area contributed by atoms with Crippen LogP contribution in [0.15, 0.2) is 17.5 Å². The van der Waals surface area contributed by atoms with Crippen molar-refractivity contribution >= 4 is 40.9 Å². The lowest BCUT2D eigenvalue weighted by Gasteiger charge is -2.40. The SMILES string of the molecule is CC[C@H](C)C[C@H](NC(=O)CC(OC)C([C@@H](C)CC)N(C)C(=O)[C@@H](NC(=O)[C@@H](NC)C(C)C)C(C)C)C(OC)C(C)C(=O)NC(Cc1cccs1)C(=O)O. The summed E-state index contributed by atoms with van der Waals surface area (Å²) in [5, 5.41) is 23.5. The zero-order chi connectivity index (χ0) is 40.6. The van der Waals surface area contributed by atoms with E-state index in [4.69, 9.17) is 9.47 Å². The van der Waals surface area contributed by atoms with Crippen LogP contribution in [0.2, 0.25) is 0 Å². The van der Waals surface area contributed by atoms with Gasteiger partial charge in [0, 0.05) is 32.6 Å². The van der Waals surface area contributed by atoms with Crippen LogP contribution >= 0.6 is 11.3 Å². The van der Waals surface area contributed by atoms with E-state index < -0.39 is 60.2 Å². The first-order chi connectivity index (χ1) is 24.9. The number of carboxylic acids is 1. The van der Waals surface area contributed by atoms with Gasteiger partial charge in [-0.05, 0) is 48.6 Å². The smallest absolute Gasteiger partial charge is 0.326 e. The lowest BCUT2D eigenvalue weighted by atomic mass is 9.88. The highest BCUT2D eigenvalue weighted by Crippen LogP contribution is 2.25. The summed E-state index contributed by atoms with van der Waals surface area (Å²) in [4.78, 5) is 69.2. The zero-order valence-corrected chi connectivity index (χ0v) is 35.2. The number of carboxylic acid groups (broad SMARTS) is 1. The summed E-state index contributed by atoms with van der Waals surface area (Å²) in [6.07, 6.45) is 0.672. The number of amides is 4. The third-order valence-electron chi connectivity index (χ3n) is 10.5. The van der Waals surface area contributed by atoms with E-state index >= 15 is 0 Å². The minimum atomic E-state index is -1.14. The van der Waals surface area contributed by atoms with Gasteiger partial charge in [0.1, 0.15) is 12.1 Å². The molecule has 5 unspecified atom stereocenters. The van der Waals surface area contributed by atoms with Crippen molar-refractivity contribution in [2.75, 3.05) is 28.3 Å². The first-order valence-electron chi connectivity index (χ1n) is 19.0. The molecule has 0 aromatic carbocycles. The number of ether oxygens (including phenoxy) is 2. The van der Waals surface area contributed by atoms with E-state index in [0.717, 1.165) is 11.3 Å². The number of hydrogen-bond donors (Lipinski definition) is 5. The second-order valence-electron chi connectivity index (χ2n) is 15.1. The van der Waals surface area contributed by atoms with Gasteiger partial charge in [0.2, 0.25) is 23.6 Å². The fourth-order valence-corrected chi connectivity index (χ4v) is 7.55. The second-order valence-corrected chi connectivity index (χ2v) is 16.2. The predicted molar refractivity (Wildman–Crippen MR) is 209 cm³/mol. The van der Waals surface area contributed by atoms with Crippen molar-refractivity contribution in [1.82, 2.24) is 26.2 Å². The Bertz CT molecular complexity index is 1280. The van der Waals surface area contributed by atoms with E-state index in [2.05, 4.69) is 28.2 Å². The van der Waals surface area contributed by atoms with Gasteiger partial charge in [0.15, 0.2) is 0 Å². The van der Waals surface area contributed by atoms with Crippen molar-refractivity contribution < 1.29 is 38.6 Å². The number of likely N-dealkylation sites (N-methyl/N-ethyl adjacent to an activating group) is 2. The molecule has 0 saturated carbocycles. The van der Waals surface area contributed by atoms with Crippen LogP contribution in [0.5, 0.6) is 0 Å². The van der Waals surface area contributed by atoms with Gasteiger partial charge in [0.05, 0.1) is 42.7 Å². The number of aliphatic carboxylic acids is 1. The molecule has 0 saturated heterocycles. The van der Waals surface area contributed by atoms with Crippen LogP contribution in [0.3, 0.4) is 0 Å². The molecule has 13 nitrogen and oxygen atoms in total. The molecule has 0 bridgehead atoms. The highest BCUT2D eigenvalue weighted by Gasteiger charge is 2.40. The van der Waals surface area contributed by atoms with Gasteiger partial charge in [-0.2, -0.15) is 0 Å². The third kappa shape index (κ3) is 14.6. The molecule has 5 N–H and O–H groups in total. The predicted octanol–water partition coefficient (Wildman–Crippen LogP) is 4.10. The molecule has 0 aliphatic heterocycles. The first kappa shape index (κ1) is 48.0. The van der Waals surface area contributed by atoms with Crippen LogP contribution in [-0.2, 0) is 39.9 Å². The Morgan fingerprint density at radius 2 is 1.49 bits per heavy atom. The quantitative estimate of drug-likeness (QED) is 0.0982. The largest absolute Gasteiger partial charge is 0.480 e. The molecule has 1 aromatic rings. The Hall–Kier alpha value is -3.07. The molecule has 4 amide bonds. The molecule has 304 valence electrons. The maximum atomic E-state index is 14.1. The highest BCUT2D eigenvalue weighted by molar-refractivity contribution is 7.09. The Labute approximate surface area is 322 Å². The molecular weight excluding hydrogens is 699 g/mol. The number of hydrogen-bond acceptors (Lipinski definition) is 9. The molecule has 1 heterocycles. The fourth-order valence-electron chi connectivity index (χ4n) is 6.80. The number of nitrogens with zero attached hydrogens (tertiary/aromatic N) is 1. The third-order valence-corrected chi connectivity index (χ3v) is 11.4. The summed E-state index contributed by atoms with van der Waals surface area (Å²) in [6.45, 7) is 17.4. The molecule has 1 aromatic heterocycles. The van der Waals surface area contributed by atoms with E-state index in [1.54, 1.807) is 25.9 Å². The van der Waals surface area contributed by atoms with E-state index in [1.165, 1.54) is 25.6 Å². The normalized spacial score (nSPS) is 17.4. The number of thiophene rings is 1. The fraction of sp³-hybridized carbons (Fsp3) is 0.769. The summed E-state index contributed by atoms with van der Waals surface area (Å²) in [7, 11) is 6.41. The van der Waals surface area contributed by atoms with Gasteiger partial charge < -0.3 is 40.7 Å². The molecule has 1 rings (SSSR count). The molecule has 53 heavy (non-hydrogen) atoms. The van der Waals surface area contributed by atoms with Crippen LogP contribution in [0, 0.1) is 29.6 Å². The number of carbonyl (C=O) groups excluding carboxylic acids is 4. The number of rotatable bonds is 25. The standard InChI is InChI=1S/C39H69N5O8S/c1-14-24(7)19-28(35(52-13)26(9)36(46)42-29(39(49)50)20-27-17-16-18-53-27)41-31(45)21-30(51-12)34(25(8)15-2)44(11)38(48)33(23(5)6)43-37(47)32(40-10)22(3)4/h16-18,22-26,28-30,32-35,40H,14-15,19-21H2,1-13H3,(H,41,45)(H,42,46)(H,43,47)(H,49,50)/t24-,25-,26?,28-,29?,30?,32-,33-,34?,35?/m0/s1. The summed E-state index contributed by atoms with van der Waals surface area (Å²) >= 11 is 1.42. The van der Waals surface area contributed by atoms with Crippen molar-refractivity contribution in [1.29, 1.82) is 0 Å². The Morgan fingerprint density at radius 1 is 0.868 bits per heavy atom. The van der Waals surface area contributed by atoms with Crippen LogP contribution in [0.4, 0.5) is 0 Å². The van der Waals surface area contributed by atoms with Crippen LogP contribution in [0.25, 0.3) is 0 Å².